The van der Waals surface area contributed by atoms with Gasteiger partial charge in [-0.3, -0.25) is 14.5 Å². The molecule has 0 aliphatic carbocycles. The first-order valence-corrected chi connectivity index (χ1v) is 10.2. The molecule has 0 radical (unpaired) electrons. The van der Waals surface area contributed by atoms with E-state index < -0.39 is 28.0 Å². The van der Waals surface area contributed by atoms with Crippen LogP contribution in [0.5, 0.6) is 0 Å². The molecular formula is C17H21N3O6S. The molecule has 2 heterocycles. The van der Waals surface area contributed by atoms with E-state index in [4.69, 9.17) is 5.11 Å². The summed E-state index contributed by atoms with van der Waals surface area (Å²) in [6.07, 6.45) is 2.71. The van der Waals surface area contributed by atoms with Gasteiger partial charge in [-0.1, -0.05) is 18.2 Å². The normalized spacial score (nSPS) is 17.8. The number of para-hydroxylation sites is 1. The van der Waals surface area contributed by atoms with Crippen molar-refractivity contribution in [2.45, 2.75) is 12.6 Å². The van der Waals surface area contributed by atoms with Crippen LogP contribution in [0.4, 0.5) is 0 Å². The molecule has 1 aromatic heterocycles. The molecule has 0 amide bonds. The maximum atomic E-state index is 12.1. The maximum Gasteiger partial charge on any atom is 0.325 e. The van der Waals surface area contributed by atoms with Crippen LogP contribution in [0, 0.1) is 0 Å². The molecule has 0 spiro atoms. The number of aliphatic carboxylic acids is 2. The predicted octanol–water partition coefficient (Wildman–Crippen LogP) is 0.429. The molecule has 9 nitrogen and oxygen atoms in total. The fourth-order valence-electron chi connectivity index (χ4n) is 3.55. The molecule has 0 bridgehead atoms. The van der Waals surface area contributed by atoms with E-state index in [2.05, 4.69) is 0 Å². The largest absolute Gasteiger partial charge is 0.480 e. The second-order valence-electron chi connectivity index (χ2n) is 6.56. The van der Waals surface area contributed by atoms with Gasteiger partial charge in [0.15, 0.2) is 0 Å². The third-order valence-corrected chi connectivity index (χ3v) is 6.06. The maximum absolute atomic E-state index is 12.1. The second-order valence-corrected chi connectivity index (χ2v) is 8.54. The van der Waals surface area contributed by atoms with E-state index in [1.807, 2.05) is 0 Å². The number of benzene rings is 1. The SMILES string of the molecule is CS(=O)(=O)N1CCN(C(C(=O)O)c2cn(CC(=O)O)c3ccccc23)CC1. The van der Waals surface area contributed by atoms with E-state index in [1.54, 1.807) is 35.4 Å². The highest BCUT2D eigenvalue weighted by atomic mass is 32.2. The quantitative estimate of drug-likeness (QED) is 0.728. The van der Waals surface area contributed by atoms with Gasteiger partial charge in [0, 0.05) is 48.8 Å². The van der Waals surface area contributed by atoms with Crippen molar-refractivity contribution in [1.82, 2.24) is 13.8 Å². The zero-order valence-corrected chi connectivity index (χ0v) is 15.6. The number of nitrogens with zero attached hydrogens (tertiary/aromatic N) is 3. The van der Waals surface area contributed by atoms with Crippen LogP contribution in [-0.4, -0.2) is 76.8 Å². The molecular weight excluding hydrogens is 374 g/mol. The zero-order chi connectivity index (χ0) is 19.8. The summed E-state index contributed by atoms with van der Waals surface area (Å²) in [6, 6.07) is 6.09. The minimum absolute atomic E-state index is 0.219. The number of aromatic nitrogens is 1. The summed E-state index contributed by atoms with van der Waals surface area (Å²) in [5, 5.41) is 19.7. The smallest absolute Gasteiger partial charge is 0.325 e. The van der Waals surface area contributed by atoms with Crippen LogP contribution in [0.15, 0.2) is 30.5 Å². The van der Waals surface area contributed by atoms with Gasteiger partial charge in [-0.25, -0.2) is 8.42 Å². The third kappa shape index (κ3) is 3.97. The van der Waals surface area contributed by atoms with Gasteiger partial charge < -0.3 is 14.8 Å². The molecule has 1 aliphatic heterocycles. The molecule has 1 atom stereocenters. The van der Waals surface area contributed by atoms with Gasteiger partial charge in [-0.05, 0) is 6.07 Å². The highest BCUT2D eigenvalue weighted by Crippen LogP contribution is 2.31. The molecule has 2 aromatic rings. The van der Waals surface area contributed by atoms with E-state index >= 15 is 0 Å². The van der Waals surface area contributed by atoms with E-state index in [1.165, 1.54) is 8.87 Å². The number of rotatable bonds is 6. The molecule has 1 aromatic carbocycles. The Bertz CT molecular complexity index is 976. The lowest BCUT2D eigenvalue weighted by Crippen LogP contribution is -2.50. The Hall–Kier alpha value is -2.43. The lowest BCUT2D eigenvalue weighted by molar-refractivity contribution is -0.144. The first-order valence-electron chi connectivity index (χ1n) is 8.40. The van der Waals surface area contributed by atoms with Crippen molar-refractivity contribution in [3.8, 4) is 0 Å². The Kier molecular flexibility index (Phi) is 5.22. The van der Waals surface area contributed by atoms with Crippen molar-refractivity contribution in [2.24, 2.45) is 0 Å². The lowest BCUT2D eigenvalue weighted by Gasteiger charge is -2.36. The van der Waals surface area contributed by atoms with Crippen LogP contribution in [-0.2, 0) is 26.2 Å². The molecule has 2 N–H and O–H groups in total. The Labute approximate surface area is 156 Å². The van der Waals surface area contributed by atoms with Crippen LogP contribution in [0.3, 0.4) is 0 Å². The van der Waals surface area contributed by atoms with Crippen LogP contribution in [0.1, 0.15) is 11.6 Å². The van der Waals surface area contributed by atoms with Crippen LogP contribution in [0.2, 0.25) is 0 Å². The highest BCUT2D eigenvalue weighted by molar-refractivity contribution is 7.88. The van der Waals surface area contributed by atoms with Gasteiger partial charge in [0.05, 0.1) is 6.26 Å². The number of carboxylic acid groups (broad SMARTS) is 2. The summed E-state index contributed by atoms with van der Waals surface area (Å²) >= 11 is 0. The first-order chi connectivity index (χ1) is 12.7. The first kappa shape index (κ1) is 19.3. The molecule has 1 aliphatic rings. The Balaban J connectivity index is 1.97. The monoisotopic (exact) mass is 395 g/mol. The predicted molar refractivity (Wildman–Crippen MR) is 97.9 cm³/mol. The fourth-order valence-corrected chi connectivity index (χ4v) is 4.38. The molecule has 0 saturated carbocycles. The summed E-state index contributed by atoms with van der Waals surface area (Å²) < 4.78 is 26.2. The van der Waals surface area contributed by atoms with Gasteiger partial charge >= 0.3 is 11.9 Å². The number of hydrogen-bond donors (Lipinski definition) is 2. The van der Waals surface area contributed by atoms with Gasteiger partial charge in [0.25, 0.3) is 0 Å². The highest BCUT2D eigenvalue weighted by Gasteiger charge is 2.34. The van der Waals surface area contributed by atoms with Crippen LogP contribution < -0.4 is 0 Å². The second kappa shape index (κ2) is 7.29. The molecule has 146 valence electrons. The van der Waals surface area contributed by atoms with E-state index in [9.17, 15) is 23.1 Å². The number of piperazine rings is 1. The fraction of sp³-hybridized carbons (Fsp3) is 0.412. The molecule has 10 heteroatoms. The lowest BCUT2D eigenvalue weighted by atomic mass is 10.0. The average molecular weight is 395 g/mol. The van der Waals surface area contributed by atoms with Crippen LogP contribution >= 0.6 is 0 Å². The van der Waals surface area contributed by atoms with Crippen molar-refractivity contribution < 1.29 is 28.2 Å². The number of carboxylic acids is 2. The summed E-state index contributed by atoms with van der Waals surface area (Å²) in [6.45, 7) is 0.729. The van der Waals surface area contributed by atoms with E-state index in [0.717, 1.165) is 6.26 Å². The van der Waals surface area contributed by atoms with Gasteiger partial charge in [-0.2, -0.15) is 4.31 Å². The number of fused-ring (bicyclic) bond motifs is 1. The summed E-state index contributed by atoms with van der Waals surface area (Å²) in [5.74, 6) is -2.07. The van der Waals surface area contributed by atoms with Crippen molar-refractivity contribution in [1.29, 1.82) is 0 Å². The molecule has 1 saturated heterocycles. The summed E-state index contributed by atoms with van der Waals surface area (Å²) in [7, 11) is -3.31. The molecule has 1 fully saturated rings. The molecule has 1 unspecified atom stereocenters. The van der Waals surface area contributed by atoms with Crippen LogP contribution in [0.25, 0.3) is 10.9 Å². The van der Waals surface area contributed by atoms with Crippen molar-refractivity contribution in [3.63, 3.8) is 0 Å². The Morgan fingerprint density at radius 3 is 2.30 bits per heavy atom. The van der Waals surface area contributed by atoms with Gasteiger partial charge in [-0.15, -0.1) is 0 Å². The molecule has 3 rings (SSSR count). The third-order valence-electron chi connectivity index (χ3n) is 4.76. The van der Waals surface area contributed by atoms with Crippen molar-refractivity contribution >= 4 is 32.9 Å². The van der Waals surface area contributed by atoms with Gasteiger partial charge in [0.2, 0.25) is 10.0 Å². The van der Waals surface area contributed by atoms with Crippen molar-refractivity contribution in [3.05, 3.63) is 36.0 Å². The summed E-state index contributed by atoms with van der Waals surface area (Å²) in [4.78, 5) is 24.9. The minimum Gasteiger partial charge on any atom is -0.480 e. The van der Waals surface area contributed by atoms with E-state index in [0.29, 0.717) is 16.5 Å². The Morgan fingerprint density at radius 2 is 1.74 bits per heavy atom. The standard InChI is InChI=1S/C17H21N3O6S/c1-27(25,26)20-8-6-18(7-9-20)16(17(23)24)13-10-19(11-15(21)22)14-5-3-2-4-12(13)14/h2-5,10,16H,6-9,11H2,1H3,(H,21,22)(H,23,24). The summed E-state index contributed by atoms with van der Waals surface area (Å²) in [5.41, 5.74) is 1.16. The minimum atomic E-state index is -3.31. The number of hydrogen-bond acceptors (Lipinski definition) is 5. The van der Waals surface area contributed by atoms with E-state index in [-0.39, 0.29) is 32.7 Å². The van der Waals surface area contributed by atoms with Gasteiger partial charge in [0.1, 0.15) is 12.6 Å². The average Bonchev–Trinajstić information content (AvgIpc) is 2.92. The zero-order valence-electron chi connectivity index (χ0n) is 14.8. The number of carbonyl (C=O) groups is 2. The van der Waals surface area contributed by atoms with Crippen molar-refractivity contribution in [2.75, 3.05) is 32.4 Å². The topological polar surface area (TPSA) is 120 Å². The molecule has 27 heavy (non-hydrogen) atoms. The Morgan fingerprint density at radius 1 is 1.11 bits per heavy atom. The number of sulfonamides is 1.